The quantitative estimate of drug-likeness (QED) is 0.701. The number of benzene rings is 2. The highest BCUT2D eigenvalue weighted by Crippen LogP contribution is 2.38. The van der Waals surface area contributed by atoms with Crippen LogP contribution < -0.4 is 0 Å². The van der Waals surface area contributed by atoms with Gasteiger partial charge in [0.25, 0.3) is 0 Å². The molecule has 0 radical (unpaired) electrons. The molecule has 2 aromatic carbocycles. The van der Waals surface area contributed by atoms with Crippen molar-refractivity contribution in [2.45, 2.75) is 39.7 Å². The van der Waals surface area contributed by atoms with Crippen molar-refractivity contribution < 1.29 is 13.9 Å². The van der Waals surface area contributed by atoms with Gasteiger partial charge >= 0.3 is 5.97 Å². The van der Waals surface area contributed by atoms with Crippen molar-refractivity contribution in [3.05, 3.63) is 71.0 Å². The number of rotatable bonds is 6. The number of likely N-dealkylation sites (tertiary alicyclic amines) is 1. The summed E-state index contributed by atoms with van der Waals surface area (Å²) in [5, 5.41) is 0. The number of piperidine rings is 1. The first-order valence-corrected chi connectivity index (χ1v) is 9.71. The lowest BCUT2D eigenvalue weighted by Gasteiger charge is -2.40. The van der Waals surface area contributed by atoms with E-state index in [4.69, 9.17) is 4.74 Å². The number of carbonyl (C=O) groups is 1. The van der Waals surface area contributed by atoms with Gasteiger partial charge in [-0.25, -0.2) is 4.39 Å². The fourth-order valence-corrected chi connectivity index (χ4v) is 3.93. The van der Waals surface area contributed by atoms with E-state index in [0.717, 1.165) is 19.6 Å². The van der Waals surface area contributed by atoms with Crippen LogP contribution in [0.2, 0.25) is 0 Å². The van der Waals surface area contributed by atoms with Gasteiger partial charge in [0.15, 0.2) is 0 Å². The lowest BCUT2D eigenvalue weighted by atomic mass is 9.73. The van der Waals surface area contributed by atoms with Crippen molar-refractivity contribution in [3.8, 4) is 0 Å². The van der Waals surface area contributed by atoms with Gasteiger partial charge in [-0.3, -0.25) is 9.69 Å². The normalized spacial score (nSPS) is 16.9. The zero-order valence-corrected chi connectivity index (χ0v) is 16.2. The van der Waals surface area contributed by atoms with E-state index >= 15 is 0 Å². The van der Waals surface area contributed by atoms with Gasteiger partial charge < -0.3 is 4.74 Å². The highest BCUT2D eigenvalue weighted by atomic mass is 19.1. The Hall–Kier alpha value is -2.20. The van der Waals surface area contributed by atoms with Gasteiger partial charge in [0.05, 0.1) is 12.0 Å². The number of nitrogens with zero attached hydrogens (tertiary/aromatic N) is 1. The Bertz CT molecular complexity index is 767. The first-order valence-electron chi connectivity index (χ1n) is 9.71. The minimum Gasteiger partial charge on any atom is -0.466 e. The molecular formula is C23H28FNO2. The zero-order chi connectivity index (χ0) is 19.3. The van der Waals surface area contributed by atoms with Crippen LogP contribution in [-0.2, 0) is 22.5 Å². The molecule has 0 bridgehead atoms. The molecule has 144 valence electrons. The molecular weight excluding hydrogens is 341 g/mol. The van der Waals surface area contributed by atoms with E-state index in [1.807, 2.05) is 31.2 Å². The van der Waals surface area contributed by atoms with Crippen LogP contribution in [0, 0.1) is 18.2 Å². The summed E-state index contributed by atoms with van der Waals surface area (Å²) in [4.78, 5) is 15.2. The average molecular weight is 369 g/mol. The van der Waals surface area contributed by atoms with Gasteiger partial charge in [0, 0.05) is 6.54 Å². The predicted octanol–water partition coefficient (Wildman–Crippen LogP) is 4.52. The molecule has 0 saturated carbocycles. The second-order valence-electron chi connectivity index (χ2n) is 7.49. The van der Waals surface area contributed by atoms with Crippen LogP contribution >= 0.6 is 0 Å². The van der Waals surface area contributed by atoms with Crippen LogP contribution in [-0.4, -0.2) is 30.6 Å². The molecule has 2 aromatic rings. The molecule has 4 heteroatoms. The molecule has 1 saturated heterocycles. The summed E-state index contributed by atoms with van der Waals surface area (Å²) in [6.45, 7) is 6.42. The van der Waals surface area contributed by atoms with Crippen LogP contribution in [0.5, 0.6) is 0 Å². The molecule has 0 aliphatic carbocycles. The van der Waals surface area contributed by atoms with E-state index in [1.165, 1.54) is 5.56 Å². The Morgan fingerprint density at radius 2 is 1.81 bits per heavy atom. The first kappa shape index (κ1) is 19.6. The summed E-state index contributed by atoms with van der Waals surface area (Å²) in [6.07, 6.45) is 1.77. The molecule has 1 heterocycles. The third-order valence-electron chi connectivity index (χ3n) is 5.57. The van der Waals surface area contributed by atoms with Crippen LogP contribution in [0.25, 0.3) is 0 Å². The number of hydrogen-bond donors (Lipinski definition) is 0. The Morgan fingerprint density at radius 3 is 2.48 bits per heavy atom. The number of carbonyl (C=O) groups excluding carboxylic acids is 1. The van der Waals surface area contributed by atoms with Crippen molar-refractivity contribution in [2.24, 2.45) is 5.41 Å². The molecule has 0 amide bonds. The Labute approximate surface area is 161 Å². The fraction of sp³-hybridized carbons (Fsp3) is 0.435. The van der Waals surface area contributed by atoms with Gasteiger partial charge in [0.2, 0.25) is 0 Å². The van der Waals surface area contributed by atoms with E-state index in [1.54, 1.807) is 19.1 Å². The average Bonchev–Trinajstić information content (AvgIpc) is 2.68. The monoisotopic (exact) mass is 369 g/mol. The number of esters is 1. The fourth-order valence-electron chi connectivity index (χ4n) is 3.93. The number of hydrogen-bond acceptors (Lipinski definition) is 3. The molecule has 0 aromatic heterocycles. The molecule has 0 spiro atoms. The molecule has 0 unspecified atom stereocenters. The lowest BCUT2D eigenvalue weighted by molar-refractivity contribution is -0.158. The van der Waals surface area contributed by atoms with Gasteiger partial charge in [0.1, 0.15) is 5.82 Å². The number of halogens is 1. The molecule has 3 rings (SSSR count). The van der Waals surface area contributed by atoms with Gasteiger partial charge in [-0.05, 0) is 62.9 Å². The van der Waals surface area contributed by atoms with E-state index in [9.17, 15) is 9.18 Å². The topological polar surface area (TPSA) is 29.5 Å². The van der Waals surface area contributed by atoms with Crippen LogP contribution in [0.4, 0.5) is 4.39 Å². The first-order chi connectivity index (χ1) is 13.0. The van der Waals surface area contributed by atoms with Gasteiger partial charge in [-0.1, -0.05) is 48.5 Å². The summed E-state index contributed by atoms with van der Waals surface area (Å²) in [5.74, 6) is -0.391. The van der Waals surface area contributed by atoms with Gasteiger partial charge in [-0.2, -0.15) is 0 Å². The van der Waals surface area contributed by atoms with E-state index in [0.29, 0.717) is 37.0 Å². The maximum atomic E-state index is 14.6. The molecule has 1 fully saturated rings. The largest absolute Gasteiger partial charge is 0.466 e. The zero-order valence-electron chi connectivity index (χ0n) is 16.2. The summed E-state index contributed by atoms with van der Waals surface area (Å²) >= 11 is 0. The third-order valence-corrected chi connectivity index (χ3v) is 5.57. The van der Waals surface area contributed by atoms with Crippen molar-refractivity contribution >= 4 is 5.97 Å². The van der Waals surface area contributed by atoms with Crippen molar-refractivity contribution in [2.75, 3.05) is 19.7 Å². The minimum atomic E-state index is -0.641. The highest BCUT2D eigenvalue weighted by molar-refractivity contribution is 5.77. The molecule has 1 aliphatic heterocycles. The van der Waals surface area contributed by atoms with E-state index in [-0.39, 0.29) is 11.8 Å². The Morgan fingerprint density at radius 1 is 1.11 bits per heavy atom. The Balaban J connectivity index is 1.75. The smallest absolute Gasteiger partial charge is 0.312 e. The van der Waals surface area contributed by atoms with Crippen LogP contribution in [0.1, 0.15) is 36.5 Å². The molecule has 0 N–H and O–H groups in total. The molecule has 0 atom stereocenters. The molecule has 1 aliphatic rings. The molecule has 27 heavy (non-hydrogen) atoms. The second kappa shape index (κ2) is 8.66. The SMILES string of the molecule is CCOC(=O)C1(Cc2cccc(C)c2F)CCN(Cc2ccccc2)CC1. The maximum Gasteiger partial charge on any atom is 0.312 e. The summed E-state index contributed by atoms with van der Waals surface area (Å²) in [7, 11) is 0. The maximum absolute atomic E-state index is 14.6. The predicted molar refractivity (Wildman–Crippen MR) is 105 cm³/mol. The lowest BCUT2D eigenvalue weighted by Crippen LogP contribution is -2.46. The summed E-state index contributed by atoms with van der Waals surface area (Å²) in [6, 6.07) is 15.8. The van der Waals surface area contributed by atoms with Gasteiger partial charge in [-0.15, -0.1) is 0 Å². The van der Waals surface area contributed by atoms with Crippen molar-refractivity contribution in [1.82, 2.24) is 4.90 Å². The van der Waals surface area contributed by atoms with Crippen LogP contribution in [0.15, 0.2) is 48.5 Å². The number of aryl methyl sites for hydroxylation is 1. The standard InChI is InChI=1S/C23H28FNO2/c1-3-27-22(26)23(16-20-11-7-8-18(2)21(20)24)12-14-25(15-13-23)17-19-9-5-4-6-10-19/h4-11H,3,12-17H2,1-2H3. The summed E-state index contributed by atoms with van der Waals surface area (Å²) in [5.41, 5.74) is 1.86. The minimum absolute atomic E-state index is 0.190. The second-order valence-corrected chi connectivity index (χ2v) is 7.49. The summed E-state index contributed by atoms with van der Waals surface area (Å²) < 4.78 is 20.0. The van der Waals surface area contributed by atoms with E-state index in [2.05, 4.69) is 17.0 Å². The number of ether oxygens (including phenoxy) is 1. The highest BCUT2D eigenvalue weighted by Gasteiger charge is 2.43. The molecule has 3 nitrogen and oxygen atoms in total. The third kappa shape index (κ3) is 4.56. The van der Waals surface area contributed by atoms with Crippen LogP contribution in [0.3, 0.4) is 0 Å². The van der Waals surface area contributed by atoms with E-state index < -0.39 is 5.41 Å². The van der Waals surface area contributed by atoms with Crippen molar-refractivity contribution in [1.29, 1.82) is 0 Å². The van der Waals surface area contributed by atoms with Crippen molar-refractivity contribution in [3.63, 3.8) is 0 Å². The Kier molecular flexibility index (Phi) is 6.27.